The monoisotopic (exact) mass is 338 g/mol. The molecule has 1 aliphatic rings. The molecule has 0 amide bonds. The van der Waals surface area contributed by atoms with Gasteiger partial charge in [-0.15, -0.1) is 0 Å². The molecule has 114 valence electrons. The van der Waals surface area contributed by atoms with E-state index in [1.165, 1.54) is 19.3 Å². The summed E-state index contributed by atoms with van der Waals surface area (Å²) in [6.07, 6.45) is 5.50. The standard InChI is InChI=1S/C14H21Cl2O3P/c1-3-4-5-6-9-12(2)17-20(15,16)18-13-10-7-8-11-14(13)19-20/h7-8,10-12H,3-6,9H2,1-2H3. The van der Waals surface area contributed by atoms with Crippen molar-refractivity contribution in [1.82, 2.24) is 0 Å². The molecule has 1 aromatic rings. The summed E-state index contributed by atoms with van der Waals surface area (Å²) in [6, 6.07) is 7.21. The minimum atomic E-state index is -4.06. The van der Waals surface area contributed by atoms with E-state index in [1.54, 1.807) is 12.1 Å². The third-order valence-electron chi connectivity index (χ3n) is 3.14. The number of rotatable bonds is 7. The Morgan fingerprint density at radius 2 is 1.70 bits per heavy atom. The molecule has 0 bridgehead atoms. The van der Waals surface area contributed by atoms with Crippen LogP contribution in [0.25, 0.3) is 0 Å². The van der Waals surface area contributed by atoms with E-state index < -0.39 is 5.99 Å². The first-order chi connectivity index (χ1) is 9.41. The van der Waals surface area contributed by atoms with E-state index in [1.807, 2.05) is 19.1 Å². The second-order valence-corrected chi connectivity index (χ2v) is 11.1. The van der Waals surface area contributed by atoms with Crippen molar-refractivity contribution in [1.29, 1.82) is 0 Å². The van der Waals surface area contributed by atoms with Gasteiger partial charge in [0.2, 0.25) is 0 Å². The molecule has 6 heteroatoms. The average molecular weight is 339 g/mol. The molecule has 3 nitrogen and oxygen atoms in total. The summed E-state index contributed by atoms with van der Waals surface area (Å²) in [6.45, 7) is 4.13. The molecular formula is C14H21Cl2O3P. The van der Waals surface area contributed by atoms with E-state index in [0.717, 1.165) is 12.8 Å². The fourth-order valence-corrected chi connectivity index (χ4v) is 5.59. The summed E-state index contributed by atoms with van der Waals surface area (Å²) in [5.74, 6) is -2.98. The predicted molar refractivity (Wildman–Crippen MR) is 85.6 cm³/mol. The van der Waals surface area contributed by atoms with Crippen LogP contribution in [0.5, 0.6) is 11.5 Å². The van der Waals surface area contributed by atoms with Crippen molar-refractivity contribution in [2.75, 3.05) is 0 Å². The Bertz CT molecular complexity index is 438. The van der Waals surface area contributed by atoms with Crippen LogP contribution < -0.4 is 9.05 Å². The number of hydrogen-bond acceptors (Lipinski definition) is 3. The van der Waals surface area contributed by atoms with Gasteiger partial charge in [-0.2, -0.15) is 0 Å². The van der Waals surface area contributed by atoms with Gasteiger partial charge in [-0.25, -0.2) is 0 Å². The molecule has 0 fully saturated rings. The Morgan fingerprint density at radius 3 is 2.25 bits per heavy atom. The zero-order chi connectivity index (χ0) is 14.7. The Morgan fingerprint density at radius 1 is 1.10 bits per heavy atom. The molecule has 0 saturated carbocycles. The van der Waals surface area contributed by atoms with Gasteiger partial charge in [-0.1, -0.05) is 0 Å². The van der Waals surface area contributed by atoms with E-state index >= 15 is 0 Å². The van der Waals surface area contributed by atoms with Crippen LogP contribution >= 0.6 is 28.5 Å². The number of unbranched alkanes of at least 4 members (excludes halogenated alkanes) is 3. The zero-order valence-electron chi connectivity index (χ0n) is 11.9. The normalized spacial score (nSPS) is 21.9. The maximum atomic E-state index is 6.36. The van der Waals surface area contributed by atoms with Crippen molar-refractivity contribution < 1.29 is 13.6 Å². The average Bonchev–Trinajstić information content (AvgIpc) is 2.65. The number of halogens is 2. The number of fused-ring (bicyclic) bond motifs is 1. The van der Waals surface area contributed by atoms with Gasteiger partial charge in [0, 0.05) is 0 Å². The van der Waals surface area contributed by atoms with Gasteiger partial charge in [0.15, 0.2) is 0 Å². The zero-order valence-corrected chi connectivity index (χ0v) is 14.3. The molecule has 0 aliphatic carbocycles. The van der Waals surface area contributed by atoms with Gasteiger partial charge in [0.05, 0.1) is 0 Å². The van der Waals surface area contributed by atoms with Crippen molar-refractivity contribution >= 4 is 28.5 Å². The molecule has 0 radical (unpaired) electrons. The third kappa shape index (κ3) is 4.14. The van der Waals surface area contributed by atoms with Crippen molar-refractivity contribution in [3.63, 3.8) is 0 Å². The van der Waals surface area contributed by atoms with Crippen molar-refractivity contribution in [3.05, 3.63) is 24.3 Å². The van der Waals surface area contributed by atoms with Crippen molar-refractivity contribution in [2.24, 2.45) is 0 Å². The summed E-state index contributed by atoms with van der Waals surface area (Å²) in [4.78, 5) is 0. The van der Waals surface area contributed by atoms with Crippen LogP contribution in [0.4, 0.5) is 0 Å². The molecule has 1 unspecified atom stereocenters. The third-order valence-corrected chi connectivity index (χ3v) is 6.11. The molecule has 1 aliphatic heterocycles. The van der Waals surface area contributed by atoms with Gasteiger partial charge in [0.25, 0.3) is 0 Å². The molecule has 20 heavy (non-hydrogen) atoms. The Hall–Kier alpha value is -0.210. The number of para-hydroxylation sites is 2. The molecular weight excluding hydrogens is 318 g/mol. The fraction of sp³-hybridized carbons (Fsp3) is 0.571. The van der Waals surface area contributed by atoms with E-state index in [2.05, 4.69) is 6.92 Å². The summed E-state index contributed by atoms with van der Waals surface area (Å²) < 4.78 is 17.0. The molecule has 1 atom stereocenters. The summed E-state index contributed by atoms with van der Waals surface area (Å²) >= 11 is 12.7. The Kier molecular flexibility index (Phi) is 5.07. The van der Waals surface area contributed by atoms with Crippen molar-refractivity contribution in [3.8, 4) is 11.5 Å². The van der Waals surface area contributed by atoms with E-state index in [-0.39, 0.29) is 6.10 Å². The van der Waals surface area contributed by atoms with Crippen LogP contribution in [0.1, 0.15) is 46.0 Å². The van der Waals surface area contributed by atoms with Gasteiger partial charge in [-0.3, -0.25) is 0 Å². The second-order valence-electron chi connectivity index (χ2n) is 5.10. The molecule has 0 N–H and O–H groups in total. The quantitative estimate of drug-likeness (QED) is 0.423. The van der Waals surface area contributed by atoms with Crippen molar-refractivity contribution in [2.45, 2.75) is 52.1 Å². The molecule has 0 spiro atoms. The fourth-order valence-electron chi connectivity index (χ4n) is 2.17. The summed E-state index contributed by atoms with van der Waals surface area (Å²) in [7, 11) is 0. The van der Waals surface area contributed by atoms with Gasteiger partial charge >= 0.3 is 130 Å². The van der Waals surface area contributed by atoms with Gasteiger partial charge in [-0.05, 0) is 0 Å². The molecule has 0 aromatic heterocycles. The van der Waals surface area contributed by atoms with Crippen LogP contribution in [0.15, 0.2) is 24.3 Å². The van der Waals surface area contributed by atoms with Crippen LogP contribution in [0.2, 0.25) is 0 Å². The Labute approximate surface area is 130 Å². The first-order valence-corrected chi connectivity index (χ1v) is 10.8. The topological polar surface area (TPSA) is 27.7 Å². The van der Waals surface area contributed by atoms with E-state index in [0.29, 0.717) is 11.5 Å². The summed E-state index contributed by atoms with van der Waals surface area (Å²) in [5, 5.41) is 0. The predicted octanol–water partition coefficient (Wildman–Crippen LogP) is 6.44. The van der Waals surface area contributed by atoms with Crippen LogP contribution in [0.3, 0.4) is 0 Å². The molecule has 0 saturated heterocycles. The number of benzene rings is 1. The SMILES string of the molecule is CCCCCCC(C)OP1(Cl)(Cl)Oc2ccccc2O1. The maximum absolute atomic E-state index is 6.36. The number of hydrogen-bond donors (Lipinski definition) is 0. The molecule has 1 heterocycles. The van der Waals surface area contributed by atoms with E-state index in [9.17, 15) is 0 Å². The first-order valence-electron chi connectivity index (χ1n) is 7.05. The Balaban J connectivity index is 1.91. The van der Waals surface area contributed by atoms with E-state index in [4.69, 9.17) is 36.1 Å². The molecule has 2 rings (SSSR count). The van der Waals surface area contributed by atoms with Crippen LogP contribution in [-0.4, -0.2) is 6.10 Å². The van der Waals surface area contributed by atoms with Crippen LogP contribution in [-0.2, 0) is 4.52 Å². The van der Waals surface area contributed by atoms with Gasteiger partial charge < -0.3 is 0 Å². The van der Waals surface area contributed by atoms with Gasteiger partial charge in [0.1, 0.15) is 0 Å². The van der Waals surface area contributed by atoms with Crippen LogP contribution in [0, 0.1) is 0 Å². The second kappa shape index (κ2) is 6.27. The minimum absolute atomic E-state index is 0.103. The summed E-state index contributed by atoms with van der Waals surface area (Å²) in [5.41, 5.74) is 0. The first kappa shape index (κ1) is 16.2. The molecule has 1 aromatic carbocycles.